The maximum absolute atomic E-state index is 10.00. The number of aliphatic hydroxyl groups is 1. The molecule has 0 aliphatic heterocycles. The van der Waals surface area contributed by atoms with Gasteiger partial charge in [0.25, 0.3) is 0 Å². The Morgan fingerprint density at radius 3 is 2.50 bits per heavy atom. The highest BCUT2D eigenvalue weighted by molar-refractivity contribution is 5.19. The third-order valence-electron chi connectivity index (χ3n) is 2.67. The van der Waals surface area contributed by atoms with E-state index in [4.69, 9.17) is 4.74 Å². The van der Waals surface area contributed by atoms with E-state index in [-0.39, 0.29) is 0 Å². The number of hydrogen-bond acceptors (Lipinski definition) is 4. The number of rotatable bonds is 5. The van der Waals surface area contributed by atoms with Crippen LogP contribution in [0.1, 0.15) is 11.1 Å². The molecule has 0 aliphatic carbocycles. The quantitative estimate of drug-likeness (QED) is 0.868. The van der Waals surface area contributed by atoms with Crippen molar-refractivity contribution in [1.82, 2.24) is 9.97 Å². The summed E-state index contributed by atoms with van der Waals surface area (Å²) in [4.78, 5) is 8.14. The average Bonchev–Trinajstić information content (AvgIpc) is 2.40. The Labute approximate surface area is 106 Å². The highest BCUT2D eigenvalue weighted by Crippen LogP contribution is 2.11. The number of ether oxygens (including phenoxy) is 1. The van der Waals surface area contributed by atoms with Crippen LogP contribution in [0.25, 0.3) is 0 Å². The number of aliphatic hydroxyl groups excluding tert-OH is 1. The predicted octanol–water partition coefficient (Wildman–Crippen LogP) is 1.63. The molecule has 1 N–H and O–H groups in total. The van der Waals surface area contributed by atoms with Gasteiger partial charge in [0.1, 0.15) is 0 Å². The van der Waals surface area contributed by atoms with Crippen molar-refractivity contribution in [3.63, 3.8) is 0 Å². The van der Waals surface area contributed by atoms with E-state index in [9.17, 15) is 5.11 Å². The third kappa shape index (κ3) is 3.53. The van der Waals surface area contributed by atoms with Crippen molar-refractivity contribution in [3.8, 4) is 5.88 Å². The highest BCUT2D eigenvalue weighted by atomic mass is 16.5. The molecule has 0 amide bonds. The molecule has 0 bridgehead atoms. The van der Waals surface area contributed by atoms with Gasteiger partial charge in [-0.2, -0.15) is 0 Å². The first-order chi connectivity index (χ1) is 8.78. The molecule has 1 atom stereocenters. The molecule has 0 aliphatic rings. The Morgan fingerprint density at radius 1 is 1.17 bits per heavy atom. The van der Waals surface area contributed by atoms with Gasteiger partial charge in [-0.3, -0.25) is 4.98 Å². The van der Waals surface area contributed by atoms with Crippen LogP contribution >= 0.6 is 0 Å². The lowest BCUT2D eigenvalue weighted by Gasteiger charge is -2.10. The molecule has 2 aromatic heterocycles. The zero-order chi connectivity index (χ0) is 12.8. The molecular formula is C14H16N2O2. The summed E-state index contributed by atoms with van der Waals surface area (Å²) in [5, 5.41) is 10.00. The average molecular weight is 244 g/mol. The Balaban J connectivity index is 1.92. The van der Waals surface area contributed by atoms with E-state index >= 15 is 0 Å². The van der Waals surface area contributed by atoms with Crippen LogP contribution in [0.2, 0.25) is 0 Å². The molecule has 4 nitrogen and oxygen atoms in total. The number of methoxy groups -OCH3 is 1. The fourth-order valence-corrected chi connectivity index (χ4v) is 1.79. The molecule has 2 aromatic rings. The first-order valence-electron chi connectivity index (χ1n) is 5.84. The second kappa shape index (κ2) is 6.12. The lowest BCUT2D eigenvalue weighted by Crippen LogP contribution is -2.14. The number of hydrogen-bond donors (Lipinski definition) is 1. The van der Waals surface area contributed by atoms with Crippen LogP contribution in [0.3, 0.4) is 0 Å². The summed E-state index contributed by atoms with van der Waals surface area (Å²) < 4.78 is 4.99. The molecule has 1 unspecified atom stereocenters. The Kier molecular flexibility index (Phi) is 4.25. The van der Waals surface area contributed by atoms with E-state index in [1.54, 1.807) is 31.8 Å². The monoisotopic (exact) mass is 244 g/mol. The van der Waals surface area contributed by atoms with E-state index < -0.39 is 6.10 Å². The summed E-state index contributed by atoms with van der Waals surface area (Å²) in [7, 11) is 1.58. The molecular weight excluding hydrogens is 228 g/mol. The van der Waals surface area contributed by atoms with Crippen molar-refractivity contribution in [2.45, 2.75) is 18.9 Å². The lowest BCUT2D eigenvalue weighted by molar-refractivity contribution is 0.175. The molecule has 0 saturated heterocycles. The van der Waals surface area contributed by atoms with Crippen LogP contribution in [-0.2, 0) is 12.8 Å². The van der Waals surface area contributed by atoms with Gasteiger partial charge in [0.05, 0.1) is 13.2 Å². The zero-order valence-electron chi connectivity index (χ0n) is 10.3. The van der Waals surface area contributed by atoms with Crippen LogP contribution in [-0.4, -0.2) is 28.3 Å². The van der Waals surface area contributed by atoms with E-state index in [1.165, 1.54) is 0 Å². The fraction of sp³-hybridized carbons (Fsp3) is 0.286. The van der Waals surface area contributed by atoms with Gasteiger partial charge in [-0.05, 0) is 17.2 Å². The topological polar surface area (TPSA) is 55.2 Å². The van der Waals surface area contributed by atoms with Gasteiger partial charge in [0, 0.05) is 37.5 Å². The molecule has 0 fully saturated rings. The van der Waals surface area contributed by atoms with E-state index in [1.807, 2.05) is 18.2 Å². The minimum atomic E-state index is -0.426. The molecule has 0 spiro atoms. The van der Waals surface area contributed by atoms with Gasteiger partial charge < -0.3 is 9.84 Å². The summed E-state index contributed by atoms with van der Waals surface area (Å²) in [6, 6.07) is 7.55. The van der Waals surface area contributed by atoms with E-state index in [0.717, 1.165) is 11.1 Å². The zero-order valence-corrected chi connectivity index (χ0v) is 10.3. The van der Waals surface area contributed by atoms with Gasteiger partial charge in [-0.15, -0.1) is 0 Å². The first-order valence-corrected chi connectivity index (χ1v) is 5.84. The van der Waals surface area contributed by atoms with E-state index in [2.05, 4.69) is 9.97 Å². The maximum atomic E-state index is 10.00. The van der Waals surface area contributed by atoms with Crippen molar-refractivity contribution < 1.29 is 9.84 Å². The molecule has 0 radical (unpaired) electrons. The lowest BCUT2D eigenvalue weighted by atomic mass is 10.0. The largest absolute Gasteiger partial charge is 0.481 e. The van der Waals surface area contributed by atoms with Crippen LogP contribution in [0.15, 0.2) is 42.9 Å². The standard InChI is InChI=1S/C14H16N2O2/c1-18-14-5-4-12(10-16-14)8-13(17)7-11-3-2-6-15-9-11/h2-6,9-10,13,17H,7-8H2,1H3. The summed E-state index contributed by atoms with van der Waals surface area (Å²) in [6.45, 7) is 0. The molecule has 2 heterocycles. The van der Waals surface area contributed by atoms with Gasteiger partial charge >= 0.3 is 0 Å². The van der Waals surface area contributed by atoms with Gasteiger partial charge in [0.2, 0.25) is 5.88 Å². The van der Waals surface area contributed by atoms with Crippen LogP contribution in [0.5, 0.6) is 5.88 Å². The normalized spacial score (nSPS) is 12.1. The van der Waals surface area contributed by atoms with Crippen LogP contribution < -0.4 is 4.74 Å². The summed E-state index contributed by atoms with van der Waals surface area (Å²) in [5.41, 5.74) is 2.03. The molecule has 94 valence electrons. The maximum Gasteiger partial charge on any atom is 0.212 e. The second-order valence-electron chi connectivity index (χ2n) is 4.13. The summed E-state index contributed by atoms with van der Waals surface area (Å²) >= 11 is 0. The molecule has 2 rings (SSSR count). The van der Waals surface area contributed by atoms with Crippen LogP contribution in [0.4, 0.5) is 0 Å². The predicted molar refractivity (Wildman–Crippen MR) is 68.4 cm³/mol. The van der Waals surface area contributed by atoms with Crippen molar-refractivity contribution in [2.24, 2.45) is 0 Å². The van der Waals surface area contributed by atoms with Crippen LogP contribution in [0, 0.1) is 0 Å². The van der Waals surface area contributed by atoms with Gasteiger partial charge in [0.15, 0.2) is 0 Å². The highest BCUT2D eigenvalue weighted by Gasteiger charge is 2.07. The SMILES string of the molecule is COc1ccc(CC(O)Cc2cccnc2)cn1. The Bertz CT molecular complexity index is 471. The molecule has 0 saturated carbocycles. The molecule has 18 heavy (non-hydrogen) atoms. The molecule has 0 aromatic carbocycles. The van der Waals surface area contributed by atoms with Gasteiger partial charge in [-0.25, -0.2) is 4.98 Å². The first kappa shape index (κ1) is 12.5. The van der Waals surface area contributed by atoms with Gasteiger partial charge in [-0.1, -0.05) is 12.1 Å². The minimum absolute atomic E-state index is 0.426. The number of nitrogens with zero attached hydrogens (tertiary/aromatic N) is 2. The Morgan fingerprint density at radius 2 is 1.94 bits per heavy atom. The second-order valence-corrected chi connectivity index (χ2v) is 4.13. The number of aromatic nitrogens is 2. The van der Waals surface area contributed by atoms with Crippen molar-refractivity contribution in [1.29, 1.82) is 0 Å². The smallest absolute Gasteiger partial charge is 0.212 e. The third-order valence-corrected chi connectivity index (χ3v) is 2.67. The van der Waals surface area contributed by atoms with Crippen molar-refractivity contribution in [3.05, 3.63) is 54.0 Å². The summed E-state index contributed by atoms with van der Waals surface area (Å²) in [6.07, 6.45) is 5.97. The summed E-state index contributed by atoms with van der Waals surface area (Å²) in [5.74, 6) is 0.584. The van der Waals surface area contributed by atoms with Crippen molar-refractivity contribution in [2.75, 3.05) is 7.11 Å². The van der Waals surface area contributed by atoms with E-state index in [0.29, 0.717) is 18.7 Å². The number of pyridine rings is 2. The fourth-order valence-electron chi connectivity index (χ4n) is 1.79. The van der Waals surface area contributed by atoms with Crippen molar-refractivity contribution >= 4 is 0 Å². The minimum Gasteiger partial charge on any atom is -0.481 e. The molecule has 4 heteroatoms. The Hall–Kier alpha value is -1.94.